The standard InChI is InChI=1S/C12H12N2O3.BrH/c1-13-4-5-14(8-13)7-12(17)9-2-3-10(15)11(16)6-9;/h2-6,15-16H,7H2,1H3;1H/q+1;/p-1. The highest BCUT2D eigenvalue weighted by Gasteiger charge is 2.30. The zero-order valence-electron chi connectivity index (χ0n) is 9.67. The second-order valence-electron chi connectivity index (χ2n) is 3.76. The summed E-state index contributed by atoms with van der Waals surface area (Å²) in [6.07, 6.45) is 3.51. The van der Waals surface area contributed by atoms with Crippen molar-refractivity contribution in [3.63, 3.8) is 0 Å². The third-order valence-corrected chi connectivity index (χ3v) is 2.37. The minimum atomic E-state index is -0.294. The zero-order chi connectivity index (χ0) is 12.4. The fraction of sp³-hybridized carbons (Fsp3) is 0.167. The van der Waals surface area contributed by atoms with E-state index in [1.807, 2.05) is 7.05 Å². The lowest BCUT2D eigenvalue weighted by Gasteiger charge is -2.04. The number of phenols is 2. The average Bonchev–Trinajstić information content (AvgIpc) is 2.68. The molecular formula is C12H12BrN2O3. The molecule has 0 aliphatic carbocycles. The molecule has 95 valence electrons. The third kappa shape index (κ3) is 3.10. The number of hydrogen-bond acceptors (Lipinski definition) is 5. The number of benzene rings is 1. The van der Waals surface area contributed by atoms with Gasteiger partial charge in [0.15, 0.2) is 17.3 Å². The van der Waals surface area contributed by atoms with E-state index in [0.717, 1.165) is 0 Å². The number of rotatable bonds is 3. The molecule has 0 bridgehead atoms. The van der Waals surface area contributed by atoms with Crippen LogP contribution in [0, 0.1) is 6.67 Å². The molecule has 18 heavy (non-hydrogen) atoms. The first kappa shape index (κ1) is 14.2. The van der Waals surface area contributed by atoms with E-state index in [2.05, 4.69) is 6.67 Å². The highest BCUT2D eigenvalue weighted by atomic mass is 79.9. The lowest BCUT2D eigenvalue weighted by atomic mass is 10.1. The Labute approximate surface area is 116 Å². The summed E-state index contributed by atoms with van der Waals surface area (Å²) in [4.78, 5) is 15.2. The number of carbonyl (C=O) groups excluding carboxylic acids is 1. The molecule has 0 fully saturated rings. The van der Waals surface area contributed by atoms with E-state index in [9.17, 15) is 9.90 Å². The Morgan fingerprint density at radius 2 is 2.00 bits per heavy atom. The summed E-state index contributed by atoms with van der Waals surface area (Å²) in [5, 5.41) is 18.4. The topological polar surface area (TPSA) is 64.0 Å². The Hall–Kier alpha value is -1.82. The highest BCUT2D eigenvalue weighted by molar-refractivity contribution is 5.98. The van der Waals surface area contributed by atoms with Crippen LogP contribution in [0.15, 0.2) is 30.6 Å². The summed E-state index contributed by atoms with van der Waals surface area (Å²) >= 11 is 0. The van der Waals surface area contributed by atoms with Gasteiger partial charge >= 0.3 is 6.67 Å². The van der Waals surface area contributed by atoms with Gasteiger partial charge in [-0.05, 0) is 18.2 Å². The smallest absolute Gasteiger partial charge is 0.564 e. The molecule has 1 radical (unpaired) electrons. The van der Waals surface area contributed by atoms with Crippen LogP contribution in [0.3, 0.4) is 0 Å². The molecule has 0 atom stereocenters. The Balaban J connectivity index is 0.00000162. The van der Waals surface area contributed by atoms with E-state index in [4.69, 9.17) is 5.11 Å². The first-order chi connectivity index (χ1) is 8.06. The van der Waals surface area contributed by atoms with Crippen LogP contribution in [0.2, 0.25) is 0 Å². The van der Waals surface area contributed by atoms with E-state index in [1.54, 1.807) is 22.2 Å². The van der Waals surface area contributed by atoms with Crippen molar-refractivity contribution < 1.29 is 32.0 Å². The maximum atomic E-state index is 11.8. The summed E-state index contributed by atoms with van der Waals surface area (Å²) in [5.41, 5.74) is 0.352. The van der Waals surface area contributed by atoms with Gasteiger partial charge < -0.3 is 27.2 Å². The molecule has 0 spiro atoms. The summed E-state index contributed by atoms with van der Waals surface area (Å²) in [6.45, 7) is 3.05. The van der Waals surface area contributed by atoms with Gasteiger partial charge in [0, 0.05) is 5.56 Å². The lowest BCUT2D eigenvalue weighted by Crippen LogP contribution is -3.00. The van der Waals surface area contributed by atoms with Crippen LogP contribution < -0.4 is 17.0 Å². The second kappa shape index (κ2) is 5.68. The SMILES string of the molecule is CN1[C+]N(CC(=O)c2ccc(O)c(O)c2)C=C1.[Br-]. The molecule has 2 rings (SSSR count). The van der Waals surface area contributed by atoms with Crippen molar-refractivity contribution in [2.24, 2.45) is 0 Å². The molecule has 1 aromatic rings. The first-order valence-electron chi connectivity index (χ1n) is 5.05. The summed E-state index contributed by atoms with van der Waals surface area (Å²) in [5.74, 6) is -0.689. The fourth-order valence-corrected chi connectivity index (χ4v) is 1.48. The van der Waals surface area contributed by atoms with Gasteiger partial charge in [0.25, 0.3) is 0 Å². The van der Waals surface area contributed by atoms with Crippen LogP contribution in [-0.2, 0) is 0 Å². The Bertz CT molecular complexity index is 476. The second-order valence-corrected chi connectivity index (χ2v) is 3.76. The zero-order valence-corrected chi connectivity index (χ0v) is 11.3. The molecule has 5 nitrogen and oxygen atoms in total. The summed E-state index contributed by atoms with van der Waals surface area (Å²) in [6, 6.07) is 4.02. The van der Waals surface area contributed by atoms with Gasteiger partial charge in [0.1, 0.15) is 6.54 Å². The van der Waals surface area contributed by atoms with Crippen molar-refractivity contribution in [2.75, 3.05) is 13.6 Å². The van der Waals surface area contributed by atoms with E-state index in [-0.39, 0.29) is 40.8 Å². The van der Waals surface area contributed by atoms with Gasteiger partial charge in [-0.3, -0.25) is 4.79 Å². The Morgan fingerprint density at radius 1 is 1.28 bits per heavy atom. The van der Waals surface area contributed by atoms with Crippen LogP contribution in [0.25, 0.3) is 0 Å². The minimum absolute atomic E-state index is 0. The maximum absolute atomic E-state index is 11.8. The summed E-state index contributed by atoms with van der Waals surface area (Å²) < 4.78 is 0. The quantitative estimate of drug-likeness (QED) is 0.384. The monoisotopic (exact) mass is 311 g/mol. The molecule has 1 aliphatic rings. The Morgan fingerprint density at radius 3 is 2.56 bits per heavy atom. The molecule has 0 saturated carbocycles. The molecule has 1 heterocycles. The van der Waals surface area contributed by atoms with Crippen LogP contribution in [0.4, 0.5) is 0 Å². The number of hydrogen-bond donors (Lipinski definition) is 2. The first-order valence-corrected chi connectivity index (χ1v) is 5.05. The van der Waals surface area contributed by atoms with Gasteiger partial charge in [-0.1, -0.05) is 0 Å². The Kier molecular flexibility index (Phi) is 4.49. The van der Waals surface area contributed by atoms with Gasteiger partial charge in [-0.25, -0.2) is 0 Å². The molecule has 1 aliphatic heterocycles. The molecule has 1 aromatic carbocycles. The molecule has 0 unspecified atom stereocenters. The highest BCUT2D eigenvalue weighted by Crippen LogP contribution is 2.25. The van der Waals surface area contributed by atoms with Gasteiger partial charge in [-0.2, -0.15) is 0 Å². The normalized spacial score (nSPS) is 13.2. The fourth-order valence-electron chi connectivity index (χ4n) is 1.48. The van der Waals surface area contributed by atoms with E-state index in [1.165, 1.54) is 18.2 Å². The minimum Gasteiger partial charge on any atom is -1.00 e. The largest absolute Gasteiger partial charge is 1.00 e. The van der Waals surface area contributed by atoms with Crippen molar-refractivity contribution in [2.45, 2.75) is 0 Å². The van der Waals surface area contributed by atoms with Crippen LogP contribution in [-0.4, -0.2) is 39.4 Å². The number of halogens is 1. The summed E-state index contributed by atoms with van der Waals surface area (Å²) in [7, 11) is 1.81. The number of nitrogens with zero attached hydrogens (tertiary/aromatic N) is 2. The van der Waals surface area contributed by atoms with E-state index < -0.39 is 0 Å². The number of aromatic hydroxyl groups is 2. The molecule has 0 amide bonds. The third-order valence-electron chi connectivity index (χ3n) is 2.37. The van der Waals surface area contributed by atoms with Crippen LogP contribution in [0.1, 0.15) is 10.4 Å². The lowest BCUT2D eigenvalue weighted by molar-refractivity contribution is -0.0000131. The molecule has 2 N–H and O–H groups in total. The van der Waals surface area contributed by atoms with E-state index in [0.29, 0.717) is 5.56 Å². The van der Waals surface area contributed by atoms with Crippen LogP contribution >= 0.6 is 0 Å². The molecular weight excluding hydrogens is 300 g/mol. The number of carbonyl (C=O) groups is 1. The number of Topliss-reactive ketones (excluding diaryl/α,β-unsaturated/α-hetero) is 1. The van der Waals surface area contributed by atoms with Crippen molar-refractivity contribution in [3.8, 4) is 11.5 Å². The number of phenolic OH excluding ortho intramolecular Hbond substituents is 2. The molecule has 0 aromatic heterocycles. The van der Waals surface area contributed by atoms with Crippen molar-refractivity contribution in [1.29, 1.82) is 0 Å². The molecule has 6 heteroatoms. The predicted octanol–water partition coefficient (Wildman–Crippen LogP) is -2.00. The van der Waals surface area contributed by atoms with Gasteiger partial charge in [0.2, 0.25) is 0 Å². The van der Waals surface area contributed by atoms with Crippen molar-refractivity contribution in [1.82, 2.24) is 9.80 Å². The van der Waals surface area contributed by atoms with Crippen LogP contribution in [0.5, 0.6) is 11.5 Å². The van der Waals surface area contributed by atoms with Crippen molar-refractivity contribution in [3.05, 3.63) is 42.8 Å². The number of ketones is 1. The maximum Gasteiger partial charge on any atom is 0.564 e. The molecule has 0 saturated heterocycles. The predicted molar refractivity (Wildman–Crippen MR) is 61.0 cm³/mol. The average molecular weight is 312 g/mol. The van der Waals surface area contributed by atoms with Crippen molar-refractivity contribution >= 4 is 5.78 Å². The van der Waals surface area contributed by atoms with E-state index >= 15 is 0 Å². The van der Waals surface area contributed by atoms with Gasteiger partial charge in [0.05, 0.1) is 19.4 Å². The van der Waals surface area contributed by atoms with Gasteiger partial charge in [-0.15, -0.1) is 9.80 Å².